The highest BCUT2D eigenvalue weighted by Gasteiger charge is 2.15. The molecule has 0 saturated carbocycles. The van der Waals surface area contributed by atoms with Crippen molar-refractivity contribution in [3.8, 4) is 11.5 Å². The molecule has 0 bridgehead atoms. The van der Waals surface area contributed by atoms with Crippen molar-refractivity contribution in [2.75, 3.05) is 61.0 Å². The number of carbonyl (C=O) groups is 1. The van der Waals surface area contributed by atoms with E-state index in [0.29, 0.717) is 11.5 Å². The number of benzene rings is 1. The van der Waals surface area contributed by atoms with Gasteiger partial charge in [-0.1, -0.05) is 0 Å². The van der Waals surface area contributed by atoms with E-state index in [1.165, 1.54) is 4.90 Å². The van der Waals surface area contributed by atoms with Gasteiger partial charge in [0.25, 0.3) is 5.91 Å². The van der Waals surface area contributed by atoms with E-state index >= 15 is 0 Å². The minimum Gasteiger partial charge on any atom is -0.493 e. The molecule has 1 fully saturated rings. The fraction of sp³-hybridized carbons (Fsp3) is 0.529. The quantitative estimate of drug-likeness (QED) is 0.662. The lowest BCUT2D eigenvalue weighted by Gasteiger charge is -2.30. The van der Waals surface area contributed by atoms with Gasteiger partial charge in [0.15, 0.2) is 18.1 Å². The predicted molar refractivity (Wildman–Crippen MR) is 102 cm³/mol. The lowest BCUT2D eigenvalue weighted by atomic mass is 10.2. The lowest BCUT2D eigenvalue weighted by molar-refractivity contribution is -0.130. The second kappa shape index (κ2) is 9.05. The molecule has 25 heavy (non-hydrogen) atoms. The fourth-order valence-electron chi connectivity index (χ4n) is 2.28. The van der Waals surface area contributed by atoms with Crippen molar-refractivity contribution < 1.29 is 14.3 Å². The Morgan fingerprint density at radius 3 is 2.60 bits per heavy atom. The number of ether oxygens (including phenoxy) is 2. The zero-order chi connectivity index (χ0) is 18.4. The van der Waals surface area contributed by atoms with Gasteiger partial charge in [0.2, 0.25) is 0 Å². The highest BCUT2D eigenvalue weighted by Crippen LogP contribution is 2.36. The van der Waals surface area contributed by atoms with Crippen molar-refractivity contribution in [3.63, 3.8) is 0 Å². The molecular formula is C17H25BrN4O3. The highest BCUT2D eigenvalue weighted by molar-refractivity contribution is 9.10. The number of piperazine rings is 1. The third kappa shape index (κ3) is 5.61. The summed E-state index contributed by atoms with van der Waals surface area (Å²) < 4.78 is 11.7. The molecule has 1 aromatic rings. The monoisotopic (exact) mass is 412 g/mol. The Hall–Kier alpha value is -1.80. The minimum absolute atomic E-state index is 0.0449. The average Bonchev–Trinajstić information content (AvgIpc) is 2.59. The van der Waals surface area contributed by atoms with Crippen LogP contribution in [0.2, 0.25) is 0 Å². The lowest BCUT2D eigenvalue weighted by Crippen LogP contribution is -2.41. The smallest absolute Gasteiger partial charge is 0.259 e. The summed E-state index contributed by atoms with van der Waals surface area (Å²) in [5.74, 6) is 0.949. The zero-order valence-corrected chi connectivity index (χ0v) is 16.7. The molecule has 138 valence electrons. The third-order valence-corrected chi connectivity index (χ3v) is 4.53. The maximum atomic E-state index is 11.7. The molecule has 2 rings (SSSR count). The molecule has 8 heteroatoms. The summed E-state index contributed by atoms with van der Waals surface area (Å²) in [6.45, 7) is 3.81. The Labute approximate surface area is 157 Å². The van der Waals surface area contributed by atoms with Crippen molar-refractivity contribution >= 4 is 28.1 Å². The first-order chi connectivity index (χ1) is 11.9. The predicted octanol–water partition coefficient (Wildman–Crippen LogP) is 1.51. The maximum absolute atomic E-state index is 11.7. The van der Waals surface area contributed by atoms with Crippen LogP contribution in [0.5, 0.6) is 11.5 Å². The summed E-state index contributed by atoms with van der Waals surface area (Å²) in [5, 5.41) is 6.59. The van der Waals surface area contributed by atoms with Crippen LogP contribution in [0.3, 0.4) is 0 Å². The van der Waals surface area contributed by atoms with E-state index in [-0.39, 0.29) is 12.5 Å². The summed E-state index contributed by atoms with van der Waals surface area (Å²) in [4.78, 5) is 15.5. The molecule has 0 atom stereocenters. The fourth-order valence-corrected chi connectivity index (χ4v) is 2.85. The third-order valence-electron chi connectivity index (χ3n) is 3.94. The van der Waals surface area contributed by atoms with Crippen molar-refractivity contribution in [2.45, 2.75) is 0 Å². The minimum atomic E-state index is -0.116. The van der Waals surface area contributed by atoms with Gasteiger partial charge in [0.05, 0.1) is 17.8 Å². The second-order valence-electron chi connectivity index (χ2n) is 6.11. The molecule has 0 aliphatic carbocycles. The van der Waals surface area contributed by atoms with E-state index in [0.717, 1.165) is 36.2 Å². The standard InChI is InChI=1S/C17H25BrN4O3/c1-20(2)16(23)12-25-17-14(18)9-13(10-15(17)24-4)11-19-22-7-5-21(3)6-8-22/h9-11H,5-8,12H2,1-4H3/b19-11-. The summed E-state index contributed by atoms with van der Waals surface area (Å²) >= 11 is 3.49. The molecule has 0 aromatic heterocycles. The van der Waals surface area contributed by atoms with Gasteiger partial charge in [-0.2, -0.15) is 5.10 Å². The van der Waals surface area contributed by atoms with E-state index in [1.54, 1.807) is 21.2 Å². The molecule has 7 nitrogen and oxygen atoms in total. The van der Waals surface area contributed by atoms with Crippen LogP contribution >= 0.6 is 15.9 Å². The van der Waals surface area contributed by atoms with Crippen molar-refractivity contribution in [1.82, 2.24) is 14.8 Å². The van der Waals surface area contributed by atoms with Crippen LogP contribution in [0, 0.1) is 0 Å². The first-order valence-electron chi connectivity index (χ1n) is 8.08. The van der Waals surface area contributed by atoms with Crippen LogP contribution < -0.4 is 9.47 Å². The van der Waals surface area contributed by atoms with E-state index < -0.39 is 0 Å². The van der Waals surface area contributed by atoms with Crippen LogP contribution in [0.15, 0.2) is 21.7 Å². The Morgan fingerprint density at radius 2 is 2.00 bits per heavy atom. The number of likely N-dealkylation sites (N-methyl/N-ethyl adjacent to an activating group) is 2. The van der Waals surface area contributed by atoms with E-state index in [9.17, 15) is 4.79 Å². The summed E-state index contributed by atoms with van der Waals surface area (Å²) in [7, 11) is 7.07. The Morgan fingerprint density at radius 1 is 1.32 bits per heavy atom. The number of hydrogen-bond donors (Lipinski definition) is 0. The molecular weight excluding hydrogens is 388 g/mol. The molecule has 1 aliphatic heterocycles. The van der Waals surface area contributed by atoms with Crippen LogP contribution in [0.25, 0.3) is 0 Å². The van der Waals surface area contributed by atoms with Crippen molar-refractivity contribution in [3.05, 3.63) is 22.2 Å². The van der Waals surface area contributed by atoms with Gasteiger partial charge in [-0.15, -0.1) is 0 Å². The first-order valence-corrected chi connectivity index (χ1v) is 8.88. The molecule has 1 heterocycles. The van der Waals surface area contributed by atoms with Gasteiger partial charge in [0, 0.05) is 40.3 Å². The number of halogens is 1. The Bertz CT molecular complexity index is 629. The molecule has 0 unspecified atom stereocenters. The van der Waals surface area contributed by atoms with Crippen LogP contribution in [0.4, 0.5) is 0 Å². The first kappa shape index (κ1) is 19.5. The van der Waals surface area contributed by atoms with E-state index in [2.05, 4.69) is 38.0 Å². The highest BCUT2D eigenvalue weighted by atomic mass is 79.9. The average molecular weight is 413 g/mol. The number of amides is 1. The molecule has 1 aliphatic rings. The number of rotatable bonds is 6. The zero-order valence-electron chi connectivity index (χ0n) is 15.2. The molecule has 0 spiro atoms. The maximum Gasteiger partial charge on any atom is 0.259 e. The molecule has 1 aromatic carbocycles. The second-order valence-corrected chi connectivity index (χ2v) is 6.97. The van der Waals surface area contributed by atoms with Gasteiger partial charge in [-0.3, -0.25) is 9.80 Å². The normalized spacial score (nSPS) is 15.5. The van der Waals surface area contributed by atoms with E-state index in [4.69, 9.17) is 9.47 Å². The van der Waals surface area contributed by atoms with Gasteiger partial charge in [-0.05, 0) is 40.7 Å². The summed E-state index contributed by atoms with van der Waals surface area (Å²) in [6.07, 6.45) is 1.81. The summed E-state index contributed by atoms with van der Waals surface area (Å²) in [5.41, 5.74) is 0.897. The number of hydrazone groups is 1. The molecule has 1 amide bonds. The van der Waals surface area contributed by atoms with Crippen LogP contribution in [-0.4, -0.2) is 88.0 Å². The SMILES string of the molecule is COc1cc(/C=N\N2CCN(C)CC2)cc(Br)c1OCC(=O)N(C)C. The largest absolute Gasteiger partial charge is 0.493 e. The summed E-state index contributed by atoms with van der Waals surface area (Å²) in [6, 6.07) is 3.75. The number of carbonyl (C=O) groups excluding carboxylic acids is 1. The number of nitrogens with zero attached hydrogens (tertiary/aromatic N) is 4. The number of hydrogen-bond acceptors (Lipinski definition) is 6. The van der Waals surface area contributed by atoms with Crippen LogP contribution in [-0.2, 0) is 4.79 Å². The van der Waals surface area contributed by atoms with Crippen molar-refractivity contribution in [2.24, 2.45) is 5.10 Å². The number of methoxy groups -OCH3 is 1. The van der Waals surface area contributed by atoms with Gasteiger partial charge in [-0.25, -0.2) is 0 Å². The Kier molecular flexibility index (Phi) is 7.07. The topological polar surface area (TPSA) is 57.6 Å². The van der Waals surface area contributed by atoms with Gasteiger partial charge in [0.1, 0.15) is 0 Å². The van der Waals surface area contributed by atoms with Gasteiger partial charge >= 0.3 is 0 Å². The van der Waals surface area contributed by atoms with E-state index in [1.807, 2.05) is 18.3 Å². The van der Waals surface area contributed by atoms with Crippen molar-refractivity contribution in [1.29, 1.82) is 0 Å². The molecule has 1 saturated heterocycles. The Balaban J connectivity index is 2.08. The van der Waals surface area contributed by atoms with Gasteiger partial charge < -0.3 is 19.3 Å². The molecule has 0 radical (unpaired) electrons. The molecule has 0 N–H and O–H groups in total. The van der Waals surface area contributed by atoms with Crippen LogP contribution in [0.1, 0.15) is 5.56 Å².